The molecule has 8 aromatic carbocycles. The monoisotopic (exact) mass is 661 g/mol. The van der Waals surface area contributed by atoms with Crippen LogP contribution in [-0.4, -0.2) is 0 Å². The highest BCUT2D eigenvalue weighted by atomic mass is 16.5. The molecule has 8 aromatic rings. The number of para-hydroxylation sites is 4. The van der Waals surface area contributed by atoms with Gasteiger partial charge in [0.1, 0.15) is 0 Å². The van der Waals surface area contributed by atoms with Crippen LogP contribution in [0, 0.1) is 0 Å². The number of rotatable bonds is 1. The third-order valence-corrected chi connectivity index (χ3v) is 12.1. The van der Waals surface area contributed by atoms with Crippen LogP contribution >= 0.6 is 0 Å². The lowest BCUT2D eigenvalue weighted by Crippen LogP contribution is -2.43. The normalized spacial score (nSPS) is 15.3. The smallest absolute Gasteiger partial charge is 0.151 e. The average Bonchev–Trinajstić information content (AvgIpc) is 3.68. The Labute approximate surface area is 302 Å². The molecule has 0 saturated heterocycles. The molecule has 4 aliphatic rings. The second-order valence-corrected chi connectivity index (χ2v) is 14.3. The molecule has 0 N–H and O–H groups in total. The summed E-state index contributed by atoms with van der Waals surface area (Å²) in [5, 5.41) is 0. The van der Waals surface area contributed by atoms with E-state index >= 15 is 0 Å². The third-order valence-electron chi connectivity index (χ3n) is 12.1. The highest BCUT2D eigenvalue weighted by Crippen LogP contribution is 2.68. The van der Waals surface area contributed by atoms with Crippen molar-refractivity contribution in [2.45, 2.75) is 10.8 Å². The zero-order chi connectivity index (χ0) is 34.0. The van der Waals surface area contributed by atoms with Gasteiger partial charge < -0.3 is 9.64 Å². The molecule has 52 heavy (non-hydrogen) atoms. The molecule has 1 aliphatic heterocycles. The molecular weight excluding hydrogens is 631 g/mol. The van der Waals surface area contributed by atoms with Crippen LogP contribution in [-0.2, 0) is 10.8 Å². The van der Waals surface area contributed by atoms with E-state index in [2.05, 4.69) is 193 Å². The Morgan fingerprint density at radius 2 is 0.654 bits per heavy atom. The molecule has 0 saturated carbocycles. The molecule has 0 fully saturated rings. The fourth-order valence-corrected chi connectivity index (χ4v) is 10.3. The second-order valence-electron chi connectivity index (χ2n) is 14.3. The minimum absolute atomic E-state index is 0.504. The summed E-state index contributed by atoms with van der Waals surface area (Å²) in [6.45, 7) is 0. The van der Waals surface area contributed by atoms with Crippen LogP contribution in [0.3, 0.4) is 0 Å². The summed E-state index contributed by atoms with van der Waals surface area (Å²) < 4.78 is 6.49. The Balaban J connectivity index is 1.27. The Hall–Kier alpha value is -6.64. The van der Waals surface area contributed by atoms with Gasteiger partial charge in [-0.15, -0.1) is 0 Å². The van der Waals surface area contributed by atoms with Crippen molar-refractivity contribution >= 4 is 17.1 Å². The van der Waals surface area contributed by atoms with Gasteiger partial charge in [-0.3, -0.25) is 0 Å². The predicted octanol–water partition coefficient (Wildman–Crippen LogP) is 12.3. The van der Waals surface area contributed by atoms with E-state index in [-0.39, 0.29) is 0 Å². The zero-order valence-electron chi connectivity index (χ0n) is 28.3. The highest BCUT2D eigenvalue weighted by Gasteiger charge is 2.59. The minimum atomic E-state index is -0.543. The molecule has 0 radical (unpaired) electrons. The number of benzene rings is 8. The van der Waals surface area contributed by atoms with Crippen LogP contribution in [0.1, 0.15) is 44.5 Å². The lowest BCUT2D eigenvalue weighted by molar-refractivity contribution is 0.477. The van der Waals surface area contributed by atoms with Gasteiger partial charge in [-0.1, -0.05) is 152 Å². The number of hydrogen-bond acceptors (Lipinski definition) is 2. The van der Waals surface area contributed by atoms with Gasteiger partial charge in [0, 0.05) is 5.69 Å². The summed E-state index contributed by atoms with van der Waals surface area (Å²) in [5.74, 6) is 1.70. The third kappa shape index (κ3) is 3.22. The van der Waals surface area contributed by atoms with Crippen LogP contribution in [0.15, 0.2) is 188 Å². The molecule has 2 nitrogen and oxygen atoms in total. The predicted molar refractivity (Wildman–Crippen MR) is 209 cm³/mol. The van der Waals surface area contributed by atoms with Crippen LogP contribution in [0.5, 0.6) is 11.5 Å². The summed E-state index contributed by atoms with van der Waals surface area (Å²) in [7, 11) is 0. The molecular formula is C50H31NO. The lowest BCUT2D eigenvalue weighted by Gasteiger charge is -2.49. The molecule has 0 amide bonds. The maximum absolute atomic E-state index is 6.49. The summed E-state index contributed by atoms with van der Waals surface area (Å²) in [6, 6.07) is 69.7. The van der Waals surface area contributed by atoms with Crippen molar-refractivity contribution in [3.63, 3.8) is 0 Å². The molecule has 2 spiro atoms. The van der Waals surface area contributed by atoms with E-state index in [1.807, 2.05) is 0 Å². The number of nitrogens with zero attached hydrogens (tertiary/aromatic N) is 1. The maximum atomic E-state index is 6.49. The van der Waals surface area contributed by atoms with E-state index in [9.17, 15) is 0 Å². The molecule has 0 atom stereocenters. The van der Waals surface area contributed by atoms with Crippen molar-refractivity contribution in [3.8, 4) is 33.8 Å². The summed E-state index contributed by atoms with van der Waals surface area (Å²) >= 11 is 0. The SMILES string of the molecule is c1ccc2c(c1)Oc1ccccc1N2c1ccc2c(c1)C1(c3ccccc3-c3ccccc31)c1ccccc1C21c2ccccc2-c2ccccc21. The summed E-state index contributed by atoms with van der Waals surface area (Å²) in [4.78, 5) is 2.39. The van der Waals surface area contributed by atoms with E-state index in [0.717, 1.165) is 28.6 Å². The largest absolute Gasteiger partial charge is 0.453 e. The molecule has 242 valence electrons. The zero-order valence-corrected chi connectivity index (χ0v) is 28.3. The van der Waals surface area contributed by atoms with E-state index in [4.69, 9.17) is 4.74 Å². The van der Waals surface area contributed by atoms with E-state index in [1.165, 1.54) is 66.8 Å². The number of ether oxygens (including phenoxy) is 1. The molecule has 1 heterocycles. The van der Waals surface area contributed by atoms with Gasteiger partial charge in [0.2, 0.25) is 0 Å². The molecule has 0 unspecified atom stereocenters. The van der Waals surface area contributed by atoms with E-state index in [0.29, 0.717) is 0 Å². The first-order valence-electron chi connectivity index (χ1n) is 18.1. The van der Waals surface area contributed by atoms with Crippen LogP contribution < -0.4 is 9.64 Å². The first-order valence-corrected chi connectivity index (χ1v) is 18.1. The topological polar surface area (TPSA) is 12.5 Å². The van der Waals surface area contributed by atoms with Crippen LogP contribution in [0.2, 0.25) is 0 Å². The molecule has 0 bridgehead atoms. The van der Waals surface area contributed by atoms with Crippen LogP contribution in [0.4, 0.5) is 17.1 Å². The average molecular weight is 662 g/mol. The van der Waals surface area contributed by atoms with Gasteiger partial charge in [0.05, 0.1) is 22.2 Å². The number of anilines is 3. The van der Waals surface area contributed by atoms with Crippen LogP contribution in [0.25, 0.3) is 22.3 Å². The van der Waals surface area contributed by atoms with E-state index < -0.39 is 10.8 Å². The first-order chi connectivity index (χ1) is 25.8. The van der Waals surface area contributed by atoms with Crippen molar-refractivity contribution in [1.29, 1.82) is 0 Å². The van der Waals surface area contributed by atoms with Gasteiger partial charge in [-0.05, 0) is 103 Å². The second kappa shape index (κ2) is 9.99. The summed E-state index contributed by atoms with van der Waals surface area (Å²) in [6.07, 6.45) is 0. The highest BCUT2D eigenvalue weighted by molar-refractivity contribution is 5.95. The Kier molecular flexibility index (Phi) is 5.40. The fraction of sp³-hybridized carbons (Fsp3) is 0.0400. The number of fused-ring (bicyclic) bond motifs is 18. The fourth-order valence-electron chi connectivity index (χ4n) is 10.3. The lowest BCUT2D eigenvalue weighted by atomic mass is 9.52. The molecule has 0 aromatic heterocycles. The van der Waals surface area contributed by atoms with Gasteiger partial charge >= 0.3 is 0 Å². The van der Waals surface area contributed by atoms with Crippen molar-refractivity contribution in [2.24, 2.45) is 0 Å². The number of hydrogen-bond donors (Lipinski definition) is 0. The van der Waals surface area contributed by atoms with Crippen molar-refractivity contribution in [3.05, 3.63) is 233 Å². The molecule has 12 rings (SSSR count). The molecule has 2 heteroatoms. The van der Waals surface area contributed by atoms with Crippen molar-refractivity contribution in [1.82, 2.24) is 0 Å². The first kappa shape index (κ1) is 28.1. The van der Waals surface area contributed by atoms with Crippen molar-refractivity contribution in [2.75, 3.05) is 4.90 Å². The quantitative estimate of drug-likeness (QED) is 0.174. The van der Waals surface area contributed by atoms with Gasteiger partial charge in [-0.2, -0.15) is 0 Å². The standard InChI is InChI=1S/C50H31NO/c1-5-19-37-33(15-1)34-16-2-6-20-38(34)49(37)41-23-9-10-24-42(41)50(39-21-7-3-17-35(39)36-18-4-8-22-40(36)50)44-31-32(29-30-43(44)49)51-45-25-11-13-27-47(45)52-48-28-14-12-26-46(48)51/h1-31H. The van der Waals surface area contributed by atoms with E-state index in [1.54, 1.807) is 0 Å². The maximum Gasteiger partial charge on any atom is 0.151 e. The van der Waals surface area contributed by atoms with Gasteiger partial charge in [-0.25, -0.2) is 0 Å². The van der Waals surface area contributed by atoms with Gasteiger partial charge in [0.15, 0.2) is 11.5 Å². The Morgan fingerprint density at radius 3 is 1.12 bits per heavy atom. The minimum Gasteiger partial charge on any atom is -0.453 e. The molecule has 3 aliphatic carbocycles. The van der Waals surface area contributed by atoms with Gasteiger partial charge in [0.25, 0.3) is 0 Å². The summed E-state index contributed by atoms with van der Waals surface area (Å²) in [5.41, 5.74) is 18.0. The van der Waals surface area contributed by atoms with Crippen molar-refractivity contribution < 1.29 is 4.74 Å². The Morgan fingerprint density at radius 1 is 0.308 bits per heavy atom. The Bertz CT molecular complexity index is 2670.